The highest BCUT2D eigenvalue weighted by molar-refractivity contribution is 5.46. The van der Waals surface area contributed by atoms with Crippen LogP contribution < -0.4 is 10.6 Å². The summed E-state index contributed by atoms with van der Waals surface area (Å²) in [5, 5.41) is 0. The van der Waals surface area contributed by atoms with E-state index in [1.54, 1.807) is 0 Å². The summed E-state index contributed by atoms with van der Waals surface area (Å²) in [4.78, 5) is 4.90. The fourth-order valence-corrected chi connectivity index (χ4v) is 3.33. The van der Waals surface area contributed by atoms with E-state index in [0.29, 0.717) is 0 Å². The van der Waals surface area contributed by atoms with Gasteiger partial charge in [-0.25, -0.2) is 4.39 Å². The normalized spacial score (nSPS) is 23.2. The second-order valence-electron chi connectivity index (χ2n) is 5.73. The molecule has 0 atom stereocenters. The SMILES string of the molecule is NCC1(N2CCN(c3ccc(F)cc3)CC2)CCC1. The minimum absolute atomic E-state index is 0.168. The van der Waals surface area contributed by atoms with Gasteiger partial charge in [0.1, 0.15) is 5.82 Å². The van der Waals surface area contributed by atoms with Gasteiger partial charge in [-0.15, -0.1) is 0 Å². The molecule has 3 nitrogen and oxygen atoms in total. The summed E-state index contributed by atoms with van der Waals surface area (Å²) in [6.45, 7) is 4.92. The fourth-order valence-electron chi connectivity index (χ4n) is 3.33. The Morgan fingerprint density at radius 2 is 1.68 bits per heavy atom. The van der Waals surface area contributed by atoms with Crippen LogP contribution >= 0.6 is 0 Å². The van der Waals surface area contributed by atoms with Crippen LogP contribution in [0.3, 0.4) is 0 Å². The predicted octanol–water partition coefficient (Wildman–Crippen LogP) is 1.83. The molecule has 1 aliphatic heterocycles. The van der Waals surface area contributed by atoms with Crippen LogP contribution in [0, 0.1) is 5.82 Å². The van der Waals surface area contributed by atoms with Crippen LogP contribution in [-0.2, 0) is 0 Å². The van der Waals surface area contributed by atoms with Gasteiger partial charge >= 0.3 is 0 Å². The van der Waals surface area contributed by atoms with Crippen molar-refractivity contribution in [2.75, 3.05) is 37.6 Å². The van der Waals surface area contributed by atoms with E-state index >= 15 is 0 Å². The van der Waals surface area contributed by atoms with Crippen molar-refractivity contribution in [1.29, 1.82) is 0 Å². The van der Waals surface area contributed by atoms with Crippen molar-refractivity contribution in [3.8, 4) is 0 Å². The first-order valence-electron chi connectivity index (χ1n) is 7.19. The van der Waals surface area contributed by atoms with Gasteiger partial charge in [-0.05, 0) is 43.5 Å². The lowest BCUT2D eigenvalue weighted by Gasteiger charge is -2.52. The molecule has 1 saturated carbocycles. The maximum Gasteiger partial charge on any atom is 0.123 e. The molecule has 3 rings (SSSR count). The summed E-state index contributed by atoms with van der Waals surface area (Å²) in [6.07, 6.45) is 3.81. The molecule has 0 amide bonds. The predicted molar refractivity (Wildman–Crippen MR) is 75.8 cm³/mol. The van der Waals surface area contributed by atoms with Gasteiger partial charge in [-0.1, -0.05) is 0 Å². The summed E-state index contributed by atoms with van der Waals surface area (Å²) >= 11 is 0. The average Bonchev–Trinajstić information content (AvgIpc) is 2.40. The third-order valence-corrected chi connectivity index (χ3v) is 4.81. The van der Waals surface area contributed by atoms with E-state index in [1.165, 1.54) is 31.4 Å². The first-order valence-corrected chi connectivity index (χ1v) is 7.19. The zero-order valence-corrected chi connectivity index (χ0v) is 11.3. The van der Waals surface area contributed by atoms with Crippen LogP contribution in [0.5, 0.6) is 0 Å². The van der Waals surface area contributed by atoms with Gasteiger partial charge in [-0.2, -0.15) is 0 Å². The van der Waals surface area contributed by atoms with Gasteiger partial charge in [-0.3, -0.25) is 4.90 Å². The summed E-state index contributed by atoms with van der Waals surface area (Å²) in [7, 11) is 0. The van der Waals surface area contributed by atoms with E-state index in [9.17, 15) is 4.39 Å². The molecule has 19 heavy (non-hydrogen) atoms. The van der Waals surface area contributed by atoms with Gasteiger partial charge in [0.25, 0.3) is 0 Å². The molecule has 1 aromatic carbocycles. The number of hydrogen-bond donors (Lipinski definition) is 1. The molecular formula is C15H22FN3. The van der Waals surface area contributed by atoms with Gasteiger partial charge in [0, 0.05) is 44.0 Å². The largest absolute Gasteiger partial charge is 0.369 e. The number of rotatable bonds is 3. The molecule has 2 aliphatic rings. The monoisotopic (exact) mass is 263 g/mol. The molecule has 1 heterocycles. The molecule has 2 fully saturated rings. The quantitative estimate of drug-likeness (QED) is 0.903. The summed E-state index contributed by atoms with van der Waals surface area (Å²) in [5.41, 5.74) is 7.37. The number of halogens is 1. The highest BCUT2D eigenvalue weighted by atomic mass is 19.1. The molecule has 1 aliphatic carbocycles. The second-order valence-corrected chi connectivity index (χ2v) is 5.73. The molecule has 0 aromatic heterocycles. The molecule has 0 spiro atoms. The van der Waals surface area contributed by atoms with E-state index in [4.69, 9.17) is 5.73 Å². The number of anilines is 1. The van der Waals surface area contributed by atoms with Crippen LogP contribution in [0.15, 0.2) is 24.3 Å². The Hall–Kier alpha value is -1.13. The van der Waals surface area contributed by atoms with Gasteiger partial charge < -0.3 is 10.6 Å². The fraction of sp³-hybridized carbons (Fsp3) is 0.600. The number of piperazine rings is 1. The molecule has 104 valence electrons. The lowest BCUT2D eigenvalue weighted by atomic mass is 9.75. The van der Waals surface area contributed by atoms with Crippen LogP contribution in [0.2, 0.25) is 0 Å². The highest BCUT2D eigenvalue weighted by Crippen LogP contribution is 2.37. The molecule has 1 aromatic rings. The second kappa shape index (κ2) is 5.10. The Labute approximate surface area is 114 Å². The summed E-state index contributed by atoms with van der Waals surface area (Å²) in [5.74, 6) is -0.168. The molecular weight excluding hydrogens is 241 g/mol. The molecule has 1 saturated heterocycles. The van der Waals surface area contributed by atoms with Crippen LogP contribution in [0.1, 0.15) is 19.3 Å². The van der Waals surface area contributed by atoms with E-state index in [1.807, 2.05) is 12.1 Å². The van der Waals surface area contributed by atoms with Gasteiger partial charge in [0.2, 0.25) is 0 Å². The van der Waals surface area contributed by atoms with Crippen LogP contribution in [-0.4, -0.2) is 43.2 Å². The minimum atomic E-state index is -0.168. The van der Waals surface area contributed by atoms with Crippen molar-refractivity contribution >= 4 is 5.69 Å². The summed E-state index contributed by atoms with van der Waals surface area (Å²) in [6, 6.07) is 6.81. The maximum atomic E-state index is 12.9. The Bertz CT molecular complexity index is 414. The third-order valence-electron chi connectivity index (χ3n) is 4.81. The van der Waals surface area contributed by atoms with Gasteiger partial charge in [0.05, 0.1) is 0 Å². The number of benzene rings is 1. The third kappa shape index (κ3) is 2.35. The standard InChI is InChI=1S/C15H22FN3/c16-13-2-4-14(5-3-13)18-8-10-19(11-9-18)15(12-17)6-1-7-15/h2-5H,1,6-12,17H2. The number of nitrogens with two attached hydrogens (primary N) is 1. The molecule has 0 radical (unpaired) electrons. The Kier molecular flexibility index (Phi) is 3.46. The molecule has 4 heteroatoms. The lowest BCUT2D eigenvalue weighted by molar-refractivity contribution is 0.0192. The molecule has 0 bridgehead atoms. The van der Waals surface area contributed by atoms with E-state index in [0.717, 1.165) is 38.4 Å². The number of nitrogens with zero attached hydrogens (tertiary/aromatic N) is 2. The van der Waals surface area contributed by atoms with E-state index in [2.05, 4.69) is 9.80 Å². The zero-order chi connectivity index (χ0) is 13.3. The Morgan fingerprint density at radius 1 is 1.05 bits per heavy atom. The van der Waals surface area contributed by atoms with Crippen molar-refractivity contribution in [3.05, 3.63) is 30.1 Å². The average molecular weight is 263 g/mol. The zero-order valence-electron chi connectivity index (χ0n) is 11.3. The van der Waals surface area contributed by atoms with Gasteiger partial charge in [0.15, 0.2) is 0 Å². The lowest BCUT2D eigenvalue weighted by Crippen LogP contribution is -2.63. The van der Waals surface area contributed by atoms with Crippen molar-refractivity contribution in [1.82, 2.24) is 4.90 Å². The van der Waals surface area contributed by atoms with Crippen molar-refractivity contribution < 1.29 is 4.39 Å². The summed E-state index contributed by atoms with van der Waals surface area (Å²) < 4.78 is 12.9. The first kappa shape index (κ1) is 12.9. The first-order chi connectivity index (χ1) is 9.23. The minimum Gasteiger partial charge on any atom is -0.369 e. The molecule has 2 N–H and O–H groups in total. The maximum absolute atomic E-state index is 12.9. The highest BCUT2D eigenvalue weighted by Gasteiger charge is 2.42. The Morgan fingerprint density at radius 3 is 2.16 bits per heavy atom. The van der Waals surface area contributed by atoms with E-state index < -0.39 is 0 Å². The van der Waals surface area contributed by atoms with Crippen molar-refractivity contribution in [2.24, 2.45) is 5.73 Å². The topological polar surface area (TPSA) is 32.5 Å². The van der Waals surface area contributed by atoms with Crippen molar-refractivity contribution in [3.63, 3.8) is 0 Å². The van der Waals surface area contributed by atoms with Crippen LogP contribution in [0.25, 0.3) is 0 Å². The molecule has 0 unspecified atom stereocenters. The Balaban J connectivity index is 1.61. The smallest absolute Gasteiger partial charge is 0.123 e. The van der Waals surface area contributed by atoms with Crippen LogP contribution in [0.4, 0.5) is 10.1 Å². The van der Waals surface area contributed by atoms with Crippen molar-refractivity contribution in [2.45, 2.75) is 24.8 Å². The van der Waals surface area contributed by atoms with E-state index in [-0.39, 0.29) is 11.4 Å². The number of hydrogen-bond acceptors (Lipinski definition) is 3.